The highest BCUT2D eigenvalue weighted by atomic mass is 16.5. The molecular formula is C26H36N2O3. The Bertz CT molecular complexity index is 873. The molecule has 31 heavy (non-hydrogen) atoms. The molecule has 0 radical (unpaired) electrons. The molecule has 1 saturated heterocycles. The molecule has 3 rings (SSSR count). The maximum Gasteiger partial charge on any atom is 0.128 e. The fourth-order valence-electron chi connectivity index (χ4n) is 4.09. The van der Waals surface area contributed by atoms with E-state index in [1.165, 1.54) is 22.4 Å². The summed E-state index contributed by atoms with van der Waals surface area (Å²) in [6.45, 7) is 14.7. The Morgan fingerprint density at radius 2 is 1.71 bits per heavy atom. The van der Waals surface area contributed by atoms with Gasteiger partial charge in [0, 0.05) is 57.2 Å². The van der Waals surface area contributed by atoms with Gasteiger partial charge in [-0.05, 0) is 55.2 Å². The molecular weight excluding hydrogens is 388 g/mol. The number of anilines is 1. The van der Waals surface area contributed by atoms with Crippen molar-refractivity contribution in [3.05, 3.63) is 59.2 Å². The molecule has 168 valence electrons. The van der Waals surface area contributed by atoms with Crippen molar-refractivity contribution in [2.75, 3.05) is 65.1 Å². The van der Waals surface area contributed by atoms with Crippen molar-refractivity contribution in [1.82, 2.24) is 4.90 Å². The zero-order valence-electron chi connectivity index (χ0n) is 19.4. The summed E-state index contributed by atoms with van der Waals surface area (Å²) in [7, 11) is 3.41. The van der Waals surface area contributed by atoms with Gasteiger partial charge in [-0.2, -0.15) is 0 Å². The zero-order chi connectivity index (χ0) is 22.2. The van der Waals surface area contributed by atoms with E-state index in [0.29, 0.717) is 13.2 Å². The Kier molecular flexibility index (Phi) is 8.38. The van der Waals surface area contributed by atoms with Gasteiger partial charge in [-0.25, -0.2) is 0 Å². The lowest BCUT2D eigenvalue weighted by Crippen LogP contribution is -2.47. The second-order valence-electron chi connectivity index (χ2n) is 8.02. The second-order valence-corrected chi connectivity index (χ2v) is 8.02. The van der Waals surface area contributed by atoms with Gasteiger partial charge in [-0.1, -0.05) is 18.7 Å². The van der Waals surface area contributed by atoms with Gasteiger partial charge in [0.2, 0.25) is 0 Å². The third-order valence-electron chi connectivity index (χ3n) is 6.27. The molecule has 1 aliphatic heterocycles. The number of methoxy groups -OCH3 is 2. The second kappa shape index (κ2) is 11.2. The first-order valence-corrected chi connectivity index (χ1v) is 11.1. The van der Waals surface area contributed by atoms with Crippen molar-refractivity contribution in [2.45, 2.75) is 20.3 Å². The largest absolute Gasteiger partial charge is 0.496 e. The maximum absolute atomic E-state index is 5.84. The third-order valence-corrected chi connectivity index (χ3v) is 6.27. The van der Waals surface area contributed by atoms with Gasteiger partial charge in [-0.3, -0.25) is 4.90 Å². The van der Waals surface area contributed by atoms with Gasteiger partial charge >= 0.3 is 0 Å². The third kappa shape index (κ3) is 5.81. The minimum absolute atomic E-state index is 0.586. The molecule has 0 bridgehead atoms. The first-order valence-electron chi connectivity index (χ1n) is 11.1. The first kappa shape index (κ1) is 23.2. The van der Waals surface area contributed by atoms with Crippen LogP contribution in [-0.2, 0) is 11.2 Å². The van der Waals surface area contributed by atoms with Crippen LogP contribution in [0.3, 0.4) is 0 Å². The van der Waals surface area contributed by atoms with Crippen molar-refractivity contribution in [1.29, 1.82) is 0 Å². The van der Waals surface area contributed by atoms with E-state index < -0.39 is 0 Å². The quantitative estimate of drug-likeness (QED) is 0.530. The Labute approximate surface area is 187 Å². The summed E-state index contributed by atoms with van der Waals surface area (Å²) >= 11 is 0. The molecule has 5 nitrogen and oxygen atoms in total. The Morgan fingerprint density at radius 3 is 2.39 bits per heavy atom. The summed E-state index contributed by atoms with van der Waals surface area (Å²) < 4.78 is 16.4. The minimum atomic E-state index is 0.586. The van der Waals surface area contributed by atoms with E-state index in [-0.39, 0.29) is 0 Å². The van der Waals surface area contributed by atoms with Crippen LogP contribution in [-0.4, -0.2) is 65.1 Å². The number of hydrogen-bond acceptors (Lipinski definition) is 5. The van der Waals surface area contributed by atoms with Gasteiger partial charge in [0.05, 0.1) is 13.7 Å². The average molecular weight is 425 g/mol. The summed E-state index contributed by atoms with van der Waals surface area (Å²) in [5, 5.41) is 0. The van der Waals surface area contributed by atoms with Crippen LogP contribution in [0, 0.1) is 13.8 Å². The van der Waals surface area contributed by atoms with Crippen molar-refractivity contribution in [3.8, 4) is 11.5 Å². The predicted octanol–water partition coefficient (Wildman–Crippen LogP) is 4.34. The number of rotatable bonds is 10. The summed E-state index contributed by atoms with van der Waals surface area (Å²) in [5.74, 6) is 1.85. The van der Waals surface area contributed by atoms with Crippen LogP contribution in [0.1, 0.15) is 22.3 Å². The molecule has 2 aromatic carbocycles. The monoisotopic (exact) mass is 424 g/mol. The zero-order valence-corrected chi connectivity index (χ0v) is 19.4. The van der Waals surface area contributed by atoms with Crippen LogP contribution in [0.2, 0.25) is 0 Å². The van der Waals surface area contributed by atoms with Crippen LogP contribution in [0.15, 0.2) is 36.9 Å². The smallest absolute Gasteiger partial charge is 0.128 e. The standard InChI is InChI=1S/C26H36N2O3/c1-6-22-7-9-24(19-26(22)30-5)28-15-13-27(14-16-28)12-11-23-8-10-25(21(3)20(23)2)31-18-17-29-4/h6-10,19H,1,11-18H2,2-5H3. The summed E-state index contributed by atoms with van der Waals surface area (Å²) in [4.78, 5) is 5.00. The molecule has 1 fully saturated rings. The van der Waals surface area contributed by atoms with Crippen LogP contribution in [0.4, 0.5) is 5.69 Å². The fraction of sp³-hybridized carbons (Fsp3) is 0.462. The minimum Gasteiger partial charge on any atom is -0.496 e. The molecule has 0 aliphatic carbocycles. The number of benzene rings is 2. The van der Waals surface area contributed by atoms with E-state index in [1.807, 2.05) is 6.08 Å². The van der Waals surface area contributed by atoms with E-state index in [2.05, 4.69) is 60.6 Å². The normalized spacial score (nSPS) is 14.5. The molecule has 0 saturated carbocycles. The number of ether oxygens (including phenoxy) is 3. The Balaban J connectivity index is 1.52. The summed E-state index contributed by atoms with van der Waals surface area (Å²) in [6.07, 6.45) is 2.90. The molecule has 0 aromatic heterocycles. The van der Waals surface area contributed by atoms with E-state index in [0.717, 1.165) is 56.2 Å². The van der Waals surface area contributed by atoms with E-state index in [9.17, 15) is 0 Å². The van der Waals surface area contributed by atoms with Crippen molar-refractivity contribution in [3.63, 3.8) is 0 Å². The molecule has 2 aromatic rings. The van der Waals surface area contributed by atoms with Gasteiger partial charge < -0.3 is 19.1 Å². The Morgan fingerprint density at radius 1 is 0.935 bits per heavy atom. The average Bonchev–Trinajstić information content (AvgIpc) is 2.81. The van der Waals surface area contributed by atoms with Crippen molar-refractivity contribution >= 4 is 11.8 Å². The van der Waals surface area contributed by atoms with Crippen LogP contribution >= 0.6 is 0 Å². The van der Waals surface area contributed by atoms with Crippen LogP contribution < -0.4 is 14.4 Å². The maximum atomic E-state index is 5.84. The SMILES string of the molecule is C=Cc1ccc(N2CCN(CCc3ccc(OCCOC)c(C)c3C)CC2)cc1OC. The van der Waals surface area contributed by atoms with Crippen LogP contribution in [0.5, 0.6) is 11.5 Å². The molecule has 0 unspecified atom stereocenters. The summed E-state index contributed by atoms with van der Waals surface area (Å²) in [6, 6.07) is 10.7. The molecule has 5 heteroatoms. The van der Waals surface area contributed by atoms with Gasteiger partial charge in [0.15, 0.2) is 0 Å². The van der Waals surface area contributed by atoms with E-state index >= 15 is 0 Å². The number of nitrogens with zero attached hydrogens (tertiary/aromatic N) is 2. The number of piperazine rings is 1. The lowest BCUT2D eigenvalue weighted by Gasteiger charge is -2.36. The topological polar surface area (TPSA) is 34.2 Å². The summed E-state index contributed by atoms with van der Waals surface area (Å²) in [5.41, 5.74) is 6.23. The number of hydrogen-bond donors (Lipinski definition) is 0. The highest BCUT2D eigenvalue weighted by molar-refractivity contribution is 5.63. The Hall–Kier alpha value is -2.50. The van der Waals surface area contributed by atoms with Gasteiger partial charge in [-0.15, -0.1) is 0 Å². The molecule has 1 aliphatic rings. The van der Waals surface area contributed by atoms with E-state index in [4.69, 9.17) is 14.2 Å². The molecule has 1 heterocycles. The van der Waals surface area contributed by atoms with Gasteiger partial charge in [0.1, 0.15) is 18.1 Å². The lowest BCUT2D eigenvalue weighted by molar-refractivity contribution is 0.146. The highest BCUT2D eigenvalue weighted by Crippen LogP contribution is 2.28. The van der Waals surface area contributed by atoms with Crippen molar-refractivity contribution < 1.29 is 14.2 Å². The molecule has 0 amide bonds. The van der Waals surface area contributed by atoms with Crippen molar-refractivity contribution in [2.24, 2.45) is 0 Å². The lowest BCUT2D eigenvalue weighted by atomic mass is 9.99. The molecule has 0 N–H and O–H groups in total. The highest BCUT2D eigenvalue weighted by Gasteiger charge is 2.18. The molecule has 0 atom stereocenters. The predicted molar refractivity (Wildman–Crippen MR) is 129 cm³/mol. The van der Waals surface area contributed by atoms with Gasteiger partial charge in [0.25, 0.3) is 0 Å². The first-order chi connectivity index (χ1) is 15.1. The molecule has 0 spiro atoms. The fourth-order valence-corrected chi connectivity index (χ4v) is 4.09. The van der Waals surface area contributed by atoms with E-state index in [1.54, 1.807) is 14.2 Å². The van der Waals surface area contributed by atoms with Crippen LogP contribution in [0.25, 0.3) is 6.08 Å².